The lowest BCUT2D eigenvalue weighted by Gasteiger charge is -2.31. The number of fused-ring (bicyclic) bond motifs is 1. The Morgan fingerprint density at radius 3 is 2.50 bits per heavy atom. The molecule has 1 heterocycles. The van der Waals surface area contributed by atoms with Crippen LogP contribution < -0.4 is 21.3 Å². The number of nitrogens with two attached hydrogens (primary N) is 1. The Balaban J connectivity index is 1.56. The number of nitro groups is 1. The van der Waals surface area contributed by atoms with Crippen LogP contribution in [-0.2, 0) is 4.79 Å². The van der Waals surface area contributed by atoms with Gasteiger partial charge in [-0.3, -0.25) is 29.4 Å². The smallest absolute Gasteiger partial charge is 0.270 e. The molecule has 1 saturated carbocycles. The molecule has 0 bridgehead atoms. The Bertz CT molecular complexity index is 1480. The predicted molar refractivity (Wildman–Crippen MR) is 146 cm³/mol. The Morgan fingerprint density at radius 2 is 1.77 bits per heavy atom. The molecule has 3 atom stereocenters. The first-order valence-corrected chi connectivity index (χ1v) is 13.0. The molecule has 3 amide bonds. The van der Waals surface area contributed by atoms with Crippen LogP contribution in [0.25, 0.3) is 0 Å². The van der Waals surface area contributed by atoms with Gasteiger partial charge in [0.1, 0.15) is 5.82 Å². The number of carbonyl (C=O) groups is 3. The molecular weight excluding hydrogens is 517 g/mol. The molecule has 0 saturated heterocycles. The summed E-state index contributed by atoms with van der Waals surface area (Å²) < 4.78 is 13.7. The summed E-state index contributed by atoms with van der Waals surface area (Å²) in [7, 11) is 0. The highest BCUT2D eigenvalue weighted by Crippen LogP contribution is 2.40. The van der Waals surface area contributed by atoms with Gasteiger partial charge in [-0.25, -0.2) is 4.39 Å². The van der Waals surface area contributed by atoms with Crippen molar-refractivity contribution in [2.45, 2.75) is 50.2 Å². The van der Waals surface area contributed by atoms with E-state index in [2.05, 4.69) is 10.6 Å². The molecule has 0 aromatic heterocycles. The number of hydrogen-bond donors (Lipinski definition) is 3. The monoisotopic (exact) mass is 545 g/mol. The maximum Gasteiger partial charge on any atom is 0.270 e. The van der Waals surface area contributed by atoms with Crippen LogP contribution in [0.2, 0.25) is 0 Å². The third-order valence-corrected chi connectivity index (χ3v) is 7.40. The lowest BCUT2D eigenvalue weighted by molar-refractivity contribution is -0.384. The van der Waals surface area contributed by atoms with Gasteiger partial charge in [-0.05, 0) is 54.8 Å². The third kappa shape index (κ3) is 5.55. The molecular formula is C29H28FN5O5. The van der Waals surface area contributed by atoms with Crippen molar-refractivity contribution < 1.29 is 23.7 Å². The number of nitro benzene ring substituents is 1. The van der Waals surface area contributed by atoms with Gasteiger partial charge in [0.2, 0.25) is 5.91 Å². The molecule has 1 fully saturated rings. The van der Waals surface area contributed by atoms with E-state index in [0.717, 1.165) is 25.7 Å². The van der Waals surface area contributed by atoms with E-state index in [9.17, 15) is 28.9 Å². The number of hydrogen-bond acceptors (Lipinski definition) is 6. The van der Waals surface area contributed by atoms with Gasteiger partial charge >= 0.3 is 0 Å². The number of non-ortho nitro benzene ring substituents is 1. The molecule has 3 aromatic rings. The van der Waals surface area contributed by atoms with Gasteiger partial charge < -0.3 is 16.4 Å². The second kappa shape index (κ2) is 11.2. The first-order valence-electron chi connectivity index (χ1n) is 13.0. The minimum absolute atomic E-state index is 0.0368. The van der Waals surface area contributed by atoms with E-state index < -0.39 is 28.6 Å². The van der Waals surface area contributed by atoms with E-state index in [0.29, 0.717) is 11.3 Å². The number of anilines is 2. The fraction of sp³-hybridized carbons (Fsp3) is 0.276. The molecule has 206 valence electrons. The highest BCUT2D eigenvalue weighted by Gasteiger charge is 2.35. The van der Waals surface area contributed by atoms with Crippen molar-refractivity contribution in [2.75, 3.05) is 10.2 Å². The number of nitrogens with one attached hydrogen (secondary N) is 2. The summed E-state index contributed by atoms with van der Waals surface area (Å²) in [5.74, 6) is -1.85. The molecule has 0 radical (unpaired) electrons. The zero-order valence-corrected chi connectivity index (χ0v) is 21.5. The van der Waals surface area contributed by atoms with Crippen LogP contribution in [0.5, 0.6) is 0 Å². The largest absolute Gasteiger partial charge is 0.348 e. The Hall–Kier alpha value is -4.64. The fourth-order valence-corrected chi connectivity index (χ4v) is 5.31. The summed E-state index contributed by atoms with van der Waals surface area (Å²) in [5.41, 5.74) is 7.26. The first kappa shape index (κ1) is 26.9. The van der Waals surface area contributed by atoms with Crippen LogP contribution in [-0.4, -0.2) is 34.7 Å². The molecule has 5 rings (SSSR count). The SMILES string of the molecule is NC1CCCCC1NC(=O)c1ccc2c(c1)NC(=O)CC(c1ccc(F)cc1)N2C(=O)c1cccc([N+](=O)[O-])c1. The first-order chi connectivity index (χ1) is 19.2. The minimum Gasteiger partial charge on any atom is -0.348 e. The highest BCUT2D eigenvalue weighted by molar-refractivity contribution is 6.12. The normalized spacial score (nSPS) is 20.6. The third-order valence-electron chi connectivity index (χ3n) is 7.40. The number of carbonyl (C=O) groups excluding carboxylic acids is 3. The Morgan fingerprint density at radius 1 is 1.02 bits per heavy atom. The number of benzene rings is 3. The van der Waals surface area contributed by atoms with Crippen LogP contribution in [0.1, 0.15) is 64.4 Å². The van der Waals surface area contributed by atoms with Gasteiger partial charge in [-0.2, -0.15) is 0 Å². The molecule has 40 heavy (non-hydrogen) atoms. The summed E-state index contributed by atoms with van der Waals surface area (Å²) in [4.78, 5) is 52.3. The van der Waals surface area contributed by atoms with Crippen LogP contribution in [0.15, 0.2) is 66.7 Å². The Labute approximate surface area is 229 Å². The summed E-state index contributed by atoms with van der Waals surface area (Å²) in [6, 6.07) is 14.2. The van der Waals surface area contributed by atoms with E-state index in [1.54, 1.807) is 12.1 Å². The van der Waals surface area contributed by atoms with Crippen molar-refractivity contribution in [1.82, 2.24) is 5.32 Å². The Kier molecular flexibility index (Phi) is 7.56. The van der Waals surface area contributed by atoms with Crippen LogP contribution in [0.4, 0.5) is 21.5 Å². The topological polar surface area (TPSA) is 148 Å². The van der Waals surface area contributed by atoms with E-state index in [-0.39, 0.29) is 46.9 Å². The maximum absolute atomic E-state index is 14.0. The molecule has 2 aliphatic rings. The van der Waals surface area contributed by atoms with E-state index in [1.165, 1.54) is 59.5 Å². The van der Waals surface area contributed by atoms with Crippen LogP contribution >= 0.6 is 0 Å². The molecule has 0 spiro atoms. The standard InChI is InChI=1S/C29H28FN5O5/c30-20-11-8-17(9-12-20)26-16-27(36)32-24-15-18(28(37)33-23-7-2-1-6-22(23)31)10-13-25(24)34(26)29(38)19-4-3-5-21(14-19)35(39)40/h3-5,8-15,22-23,26H,1-2,6-7,16,31H2,(H,32,36)(H,33,37). The summed E-state index contributed by atoms with van der Waals surface area (Å²) >= 11 is 0. The van der Waals surface area contributed by atoms with Crippen molar-refractivity contribution in [3.63, 3.8) is 0 Å². The molecule has 3 aromatic carbocycles. The fourth-order valence-electron chi connectivity index (χ4n) is 5.31. The molecule has 4 N–H and O–H groups in total. The van der Waals surface area contributed by atoms with Crippen LogP contribution in [0, 0.1) is 15.9 Å². The second-order valence-corrected chi connectivity index (χ2v) is 10.1. The zero-order valence-electron chi connectivity index (χ0n) is 21.5. The highest BCUT2D eigenvalue weighted by atomic mass is 19.1. The second-order valence-electron chi connectivity index (χ2n) is 10.1. The average molecular weight is 546 g/mol. The quantitative estimate of drug-likeness (QED) is 0.318. The average Bonchev–Trinajstić information content (AvgIpc) is 3.09. The van der Waals surface area contributed by atoms with Crippen molar-refractivity contribution in [3.8, 4) is 0 Å². The van der Waals surface area contributed by atoms with Crippen LogP contribution in [0.3, 0.4) is 0 Å². The van der Waals surface area contributed by atoms with Gasteiger partial charge in [0.05, 0.1) is 28.8 Å². The number of nitrogens with zero attached hydrogens (tertiary/aromatic N) is 2. The summed E-state index contributed by atoms with van der Waals surface area (Å²) in [6.07, 6.45) is 3.42. The van der Waals surface area contributed by atoms with Crippen molar-refractivity contribution >= 4 is 34.8 Å². The lowest BCUT2D eigenvalue weighted by Crippen LogP contribution is -2.49. The predicted octanol–water partition coefficient (Wildman–Crippen LogP) is 4.46. The number of amides is 3. The molecule has 3 unspecified atom stereocenters. The van der Waals surface area contributed by atoms with Crippen molar-refractivity contribution in [2.24, 2.45) is 5.73 Å². The maximum atomic E-state index is 14.0. The summed E-state index contributed by atoms with van der Waals surface area (Å²) in [6.45, 7) is 0. The molecule has 1 aliphatic carbocycles. The number of rotatable bonds is 5. The van der Waals surface area contributed by atoms with Gasteiger partial charge in [0.15, 0.2) is 0 Å². The zero-order chi connectivity index (χ0) is 28.4. The molecule has 11 heteroatoms. The lowest BCUT2D eigenvalue weighted by atomic mass is 9.91. The van der Waals surface area contributed by atoms with Gasteiger partial charge in [-0.15, -0.1) is 0 Å². The van der Waals surface area contributed by atoms with Gasteiger partial charge in [0, 0.05) is 35.3 Å². The van der Waals surface area contributed by atoms with E-state index >= 15 is 0 Å². The van der Waals surface area contributed by atoms with Gasteiger partial charge in [0.25, 0.3) is 17.5 Å². The van der Waals surface area contributed by atoms with E-state index in [1.807, 2.05) is 0 Å². The van der Waals surface area contributed by atoms with Gasteiger partial charge in [-0.1, -0.05) is 31.0 Å². The van der Waals surface area contributed by atoms with Crippen molar-refractivity contribution in [3.05, 3.63) is 99.4 Å². The van der Waals surface area contributed by atoms with Crippen molar-refractivity contribution in [1.29, 1.82) is 0 Å². The van der Waals surface area contributed by atoms with E-state index in [4.69, 9.17) is 5.73 Å². The molecule has 1 aliphatic heterocycles. The number of halogens is 1. The minimum atomic E-state index is -0.853. The molecule has 10 nitrogen and oxygen atoms in total. The summed E-state index contributed by atoms with van der Waals surface area (Å²) in [5, 5.41) is 17.1.